The Bertz CT molecular complexity index is 345. The minimum atomic E-state index is -2.71. The molecule has 1 saturated heterocycles. The normalized spacial score (nSPS) is 18.9. The van der Waals surface area contributed by atoms with E-state index >= 15 is 0 Å². The number of rotatable bonds is 1. The molecule has 0 radical (unpaired) electrons. The SMILES string of the molecule is O=C(c1ccncc1)N1CC(F)(F)C1. The summed E-state index contributed by atoms with van der Waals surface area (Å²) >= 11 is 0. The molecule has 0 saturated carbocycles. The Balaban J connectivity index is 2.05. The number of alkyl halides is 2. The second-order valence-corrected chi connectivity index (χ2v) is 3.25. The first kappa shape index (κ1) is 9.05. The van der Waals surface area contributed by atoms with Gasteiger partial charge in [0, 0.05) is 18.0 Å². The van der Waals surface area contributed by atoms with Crippen LogP contribution >= 0.6 is 0 Å². The molecule has 1 aromatic rings. The zero-order valence-electron chi connectivity index (χ0n) is 7.28. The summed E-state index contributed by atoms with van der Waals surface area (Å²) in [5.74, 6) is -3.07. The number of carbonyl (C=O) groups is 1. The van der Waals surface area contributed by atoms with E-state index in [1.54, 1.807) is 0 Å². The van der Waals surface area contributed by atoms with E-state index in [-0.39, 0.29) is 5.91 Å². The number of hydrogen-bond acceptors (Lipinski definition) is 2. The summed E-state index contributed by atoms with van der Waals surface area (Å²) < 4.78 is 24.9. The summed E-state index contributed by atoms with van der Waals surface area (Å²) in [4.78, 5) is 16.3. The fourth-order valence-electron chi connectivity index (χ4n) is 1.33. The molecule has 2 heterocycles. The van der Waals surface area contributed by atoms with Crippen molar-refractivity contribution in [2.24, 2.45) is 0 Å². The number of nitrogens with zero attached hydrogens (tertiary/aromatic N) is 2. The Hall–Kier alpha value is -1.52. The summed E-state index contributed by atoms with van der Waals surface area (Å²) in [7, 11) is 0. The van der Waals surface area contributed by atoms with Crippen LogP contribution in [0, 0.1) is 0 Å². The Kier molecular flexibility index (Phi) is 1.94. The van der Waals surface area contributed by atoms with Gasteiger partial charge >= 0.3 is 0 Å². The van der Waals surface area contributed by atoms with Gasteiger partial charge in [-0.3, -0.25) is 9.78 Å². The standard InChI is InChI=1S/C9H8F2N2O/c10-9(11)5-13(6-9)8(14)7-1-3-12-4-2-7/h1-4H,5-6H2. The highest BCUT2D eigenvalue weighted by atomic mass is 19.3. The zero-order chi connectivity index (χ0) is 10.2. The summed E-state index contributed by atoms with van der Waals surface area (Å²) in [6, 6.07) is 3.03. The molecule has 0 N–H and O–H groups in total. The molecule has 14 heavy (non-hydrogen) atoms. The molecule has 0 atom stereocenters. The van der Waals surface area contributed by atoms with Crippen molar-refractivity contribution in [3.8, 4) is 0 Å². The van der Waals surface area contributed by atoms with Crippen LogP contribution in [-0.4, -0.2) is 34.8 Å². The molecular weight excluding hydrogens is 190 g/mol. The summed E-state index contributed by atoms with van der Waals surface area (Å²) in [6.45, 7) is -0.956. The molecule has 1 fully saturated rings. The maximum atomic E-state index is 12.5. The quantitative estimate of drug-likeness (QED) is 0.678. The van der Waals surface area contributed by atoms with Gasteiger partial charge < -0.3 is 4.90 Å². The van der Waals surface area contributed by atoms with E-state index in [9.17, 15) is 13.6 Å². The molecule has 0 spiro atoms. The van der Waals surface area contributed by atoms with E-state index in [1.807, 2.05) is 0 Å². The molecule has 1 amide bonds. The predicted octanol–water partition coefficient (Wildman–Crippen LogP) is 1.17. The van der Waals surface area contributed by atoms with Crippen molar-refractivity contribution < 1.29 is 13.6 Å². The number of aromatic nitrogens is 1. The highest BCUT2D eigenvalue weighted by Crippen LogP contribution is 2.27. The molecule has 1 aromatic heterocycles. The monoisotopic (exact) mass is 198 g/mol. The van der Waals surface area contributed by atoms with Crippen LogP contribution in [0.5, 0.6) is 0 Å². The van der Waals surface area contributed by atoms with Gasteiger partial charge in [-0.2, -0.15) is 0 Å². The van der Waals surface area contributed by atoms with Crippen LogP contribution in [0.1, 0.15) is 10.4 Å². The van der Waals surface area contributed by atoms with Crippen molar-refractivity contribution in [2.75, 3.05) is 13.1 Å². The number of pyridine rings is 1. The highest BCUT2D eigenvalue weighted by Gasteiger charge is 2.46. The van der Waals surface area contributed by atoms with Gasteiger partial charge in [-0.1, -0.05) is 0 Å². The third kappa shape index (κ3) is 1.57. The number of amides is 1. The van der Waals surface area contributed by atoms with Crippen LogP contribution < -0.4 is 0 Å². The number of carbonyl (C=O) groups excluding carboxylic acids is 1. The minimum Gasteiger partial charge on any atom is -0.326 e. The van der Waals surface area contributed by atoms with Gasteiger partial charge in [0.05, 0.1) is 13.1 Å². The van der Waals surface area contributed by atoms with E-state index in [0.29, 0.717) is 5.56 Å². The van der Waals surface area contributed by atoms with Crippen LogP contribution in [-0.2, 0) is 0 Å². The van der Waals surface area contributed by atoms with Crippen LogP contribution in [0.3, 0.4) is 0 Å². The Labute approximate surface area is 79.4 Å². The lowest BCUT2D eigenvalue weighted by molar-refractivity contribution is -0.113. The van der Waals surface area contributed by atoms with Crippen molar-refractivity contribution in [1.82, 2.24) is 9.88 Å². The Morgan fingerprint density at radius 2 is 1.93 bits per heavy atom. The van der Waals surface area contributed by atoms with Crippen LogP contribution in [0.25, 0.3) is 0 Å². The zero-order valence-corrected chi connectivity index (χ0v) is 7.28. The number of halogens is 2. The van der Waals surface area contributed by atoms with E-state index in [2.05, 4.69) is 4.98 Å². The van der Waals surface area contributed by atoms with Crippen molar-refractivity contribution in [3.05, 3.63) is 30.1 Å². The third-order valence-corrected chi connectivity index (χ3v) is 2.06. The second kappa shape index (κ2) is 3.01. The molecule has 2 rings (SSSR count). The van der Waals surface area contributed by atoms with Gasteiger partial charge in [-0.15, -0.1) is 0 Å². The predicted molar refractivity (Wildman–Crippen MR) is 45.1 cm³/mol. The lowest BCUT2D eigenvalue weighted by Gasteiger charge is -2.38. The van der Waals surface area contributed by atoms with E-state index < -0.39 is 19.0 Å². The molecule has 0 bridgehead atoms. The molecule has 5 heteroatoms. The first-order chi connectivity index (χ1) is 6.58. The van der Waals surface area contributed by atoms with Crippen LogP contribution in [0.2, 0.25) is 0 Å². The van der Waals surface area contributed by atoms with Gasteiger partial charge in [-0.25, -0.2) is 8.78 Å². The third-order valence-electron chi connectivity index (χ3n) is 2.06. The molecule has 3 nitrogen and oxygen atoms in total. The lowest BCUT2D eigenvalue weighted by atomic mass is 10.1. The number of hydrogen-bond donors (Lipinski definition) is 0. The maximum Gasteiger partial charge on any atom is 0.282 e. The first-order valence-corrected chi connectivity index (χ1v) is 4.16. The van der Waals surface area contributed by atoms with E-state index in [4.69, 9.17) is 0 Å². The Morgan fingerprint density at radius 1 is 1.36 bits per heavy atom. The molecule has 1 aliphatic rings. The first-order valence-electron chi connectivity index (χ1n) is 4.16. The summed E-state index contributed by atoms with van der Waals surface area (Å²) in [5, 5.41) is 0. The lowest BCUT2D eigenvalue weighted by Crippen LogP contribution is -2.58. The maximum absolute atomic E-state index is 12.5. The minimum absolute atomic E-state index is 0.363. The van der Waals surface area contributed by atoms with Crippen molar-refractivity contribution in [1.29, 1.82) is 0 Å². The molecule has 1 aliphatic heterocycles. The van der Waals surface area contributed by atoms with Crippen LogP contribution in [0.4, 0.5) is 8.78 Å². The molecule has 0 aromatic carbocycles. The molecule has 0 unspecified atom stereocenters. The van der Waals surface area contributed by atoms with E-state index in [1.165, 1.54) is 24.5 Å². The average molecular weight is 198 g/mol. The van der Waals surface area contributed by atoms with Gasteiger partial charge in [0.25, 0.3) is 11.8 Å². The topological polar surface area (TPSA) is 33.2 Å². The Morgan fingerprint density at radius 3 is 2.43 bits per heavy atom. The van der Waals surface area contributed by atoms with Crippen molar-refractivity contribution in [2.45, 2.75) is 5.92 Å². The fourth-order valence-corrected chi connectivity index (χ4v) is 1.33. The summed E-state index contributed by atoms with van der Waals surface area (Å²) in [5.41, 5.74) is 0.399. The van der Waals surface area contributed by atoms with Gasteiger partial charge in [0.15, 0.2) is 0 Å². The number of likely N-dealkylation sites (tertiary alicyclic amines) is 1. The average Bonchev–Trinajstić information content (AvgIpc) is 2.14. The second-order valence-electron chi connectivity index (χ2n) is 3.25. The van der Waals surface area contributed by atoms with Gasteiger partial charge in [0.2, 0.25) is 0 Å². The smallest absolute Gasteiger partial charge is 0.282 e. The van der Waals surface area contributed by atoms with E-state index in [0.717, 1.165) is 4.90 Å². The molecular formula is C9H8F2N2O. The van der Waals surface area contributed by atoms with Gasteiger partial charge in [-0.05, 0) is 12.1 Å². The van der Waals surface area contributed by atoms with Crippen molar-refractivity contribution in [3.63, 3.8) is 0 Å². The van der Waals surface area contributed by atoms with Gasteiger partial charge in [0.1, 0.15) is 0 Å². The summed E-state index contributed by atoms with van der Waals surface area (Å²) in [6.07, 6.45) is 2.93. The highest BCUT2D eigenvalue weighted by molar-refractivity contribution is 5.94. The molecule has 74 valence electrons. The van der Waals surface area contributed by atoms with Crippen molar-refractivity contribution >= 4 is 5.91 Å². The fraction of sp³-hybridized carbons (Fsp3) is 0.333. The largest absolute Gasteiger partial charge is 0.326 e. The van der Waals surface area contributed by atoms with Crippen LogP contribution in [0.15, 0.2) is 24.5 Å². The molecule has 0 aliphatic carbocycles.